The lowest BCUT2D eigenvalue weighted by Gasteiger charge is -2.57. The molecule has 29 heavy (non-hydrogen) atoms. The lowest BCUT2D eigenvalue weighted by Crippen LogP contribution is -2.48. The lowest BCUT2D eigenvalue weighted by molar-refractivity contribution is -0.385. The lowest BCUT2D eigenvalue weighted by atomic mass is 9.48. The zero-order valence-electron chi connectivity index (χ0n) is 16.7. The fourth-order valence-electron chi connectivity index (χ4n) is 6.58. The second-order valence-electron chi connectivity index (χ2n) is 9.49. The number of aryl methyl sites for hydroxylation is 1. The molecule has 0 aromatic heterocycles. The number of hydrogen-bond donors (Lipinski definition) is 1. The number of hydrogen-bond acceptors (Lipinski definition) is 3. The number of nitrogens with one attached hydrogen (secondary N) is 1. The Hall–Kier alpha value is -2.69. The van der Waals surface area contributed by atoms with E-state index in [0.717, 1.165) is 23.4 Å². The molecule has 1 amide bonds. The Labute approximate surface area is 170 Å². The van der Waals surface area contributed by atoms with E-state index in [9.17, 15) is 14.9 Å². The molecule has 4 aliphatic rings. The first-order valence-electron chi connectivity index (χ1n) is 10.6. The number of carbonyl (C=O) groups excluding carboxylic acids is 1. The van der Waals surface area contributed by atoms with Gasteiger partial charge in [-0.3, -0.25) is 14.9 Å². The molecule has 4 aliphatic carbocycles. The highest BCUT2D eigenvalue weighted by Crippen LogP contribution is 2.60. The number of carbonyl (C=O) groups is 1. The molecule has 150 valence electrons. The van der Waals surface area contributed by atoms with Crippen molar-refractivity contribution in [3.8, 4) is 0 Å². The quantitative estimate of drug-likeness (QED) is 0.544. The van der Waals surface area contributed by atoms with Crippen molar-refractivity contribution in [3.63, 3.8) is 0 Å². The summed E-state index contributed by atoms with van der Waals surface area (Å²) in [6.07, 6.45) is 8.28. The summed E-state index contributed by atoms with van der Waals surface area (Å²) in [5.74, 6) is 2.48. The van der Waals surface area contributed by atoms with Crippen molar-refractivity contribution in [2.45, 2.75) is 50.9 Å². The number of nitro groups is 1. The van der Waals surface area contributed by atoms with Gasteiger partial charge >= 0.3 is 0 Å². The molecule has 4 fully saturated rings. The van der Waals surface area contributed by atoms with E-state index in [2.05, 4.69) is 17.4 Å². The van der Waals surface area contributed by atoms with Gasteiger partial charge in [-0.2, -0.15) is 0 Å². The molecule has 0 radical (unpaired) electrons. The summed E-state index contributed by atoms with van der Waals surface area (Å²) in [6.45, 7) is 1.65. The van der Waals surface area contributed by atoms with Crippen molar-refractivity contribution in [2.75, 3.05) is 5.32 Å². The van der Waals surface area contributed by atoms with Gasteiger partial charge in [0.1, 0.15) is 0 Å². The number of anilines is 1. The van der Waals surface area contributed by atoms with E-state index in [1.807, 2.05) is 12.1 Å². The summed E-state index contributed by atoms with van der Waals surface area (Å²) in [5.41, 5.74) is 3.49. The van der Waals surface area contributed by atoms with Gasteiger partial charge in [0.15, 0.2) is 0 Å². The Bertz CT molecular complexity index is 945. The standard InChI is InChI=1S/C24H26N2O3/c1-15-8-19(2-7-22(15)26(28)29)23(27)25-21-5-3-20(4-6-21)24-12-16-9-17(13-24)11-18(10-16)14-24/h2-8,16-18H,9-14H2,1H3,(H,25,27). The highest BCUT2D eigenvalue weighted by molar-refractivity contribution is 6.04. The third-order valence-corrected chi connectivity index (χ3v) is 7.45. The minimum Gasteiger partial charge on any atom is -0.322 e. The minimum atomic E-state index is -0.430. The van der Waals surface area contributed by atoms with Crippen LogP contribution >= 0.6 is 0 Å². The molecule has 2 aromatic rings. The van der Waals surface area contributed by atoms with Gasteiger partial charge in [0.25, 0.3) is 11.6 Å². The van der Waals surface area contributed by atoms with E-state index in [4.69, 9.17) is 0 Å². The summed E-state index contributed by atoms with van der Waals surface area (Å²) < 4.78 is 0. The predicted octanol–water partition coefficient (Wildman–Crippen LogP) is 5.62. The van der Waals surface area contributed by atoms with Gasteiger partial charge in [0, 0.05) is 22.9 Å². The summed E-state index contributed by atoms with van der Waals surface area (Å²) in [6, 6.07) is 12.9. The fourth-order valence-corrected chi connectivity index (χ4v) is 6.58. The summed E-state index contributed by atoms with van der Waals surface area (Å²) in [7, 11) is 0. The maximum Gasteiger partial charge on any atom is 0.272 e. The first-order valence-corrected chi connectivity index (χ1v) is 10.6. The number of benzene rings is 2. The van der Waals surface area contributed by atoms with Crippen LogP contribution in [0.3, 0.4) is 0 Å². The Morgan fingerprint density at radius 2 is 1.59 bits per heavy atom. The molecule has 5 nitrogen and oxygen atoms in total. The number of nitrogens with zero attached hydrogens (tertiary/aromatic N) is 1. The van der Waals surface area contributed by atoms with Crippen LogP contribution in [0.25, 0.3) is 0 Å². The molecule has 0 unspecified atom stereocenters. The third-order valence-electron chi connectivity index (χ3n) is 7.45. The molecule has 0 heterocycles. The van der Waals surface area contributed by atoms with Crippen molar-refractivity contribution in [1.82, 2.24) is 0 Å². The maximum atomic E-state index is 12.6. The van der Waals surface area contributed by atoms with E-state index < -0.39 is 4.92 Å². The van der Waals surface area contributed by atoms with Crippen molar-refractivity contribution in [2.24, 2.45) is 17.8 Å². The zero-order valence-corrected chi connectivity index (χ0v) is 16.7. The molecule has 2 aromatic carbocycles. The van der Waals surface area contributed by atoms with E-state index in [0.29, 0.717) is 16.5 Å². The van der Waals surface area contributed by atoms with Gasteiger partial charge in [-0.15, -0.1) is 0 Å². The third kappa shape index (κ3) is 3.22. The average molecular weight is 390 g/mol. The summed E-state index contributed by atoms with van der Waals surface area (Å²) >= 11 is 0. The highest BCUT2D eigenvalue weighted by atomic mass is 16.6. The smallest absolute Gasteiger partial charge is 0.272 e. The zero-order chi connectivity index (χ0) is 20.2. The van der Waals surface area contributed by atoms with Gasteiger partial charge in [-0.05, 0) is 98.4 Å². The topological polar surface area (TPSA) is 72.2 Å². The molecule has 0 atom stereocenters. The van der Waals surface area contributed by atoms with Crippen LogP contribution in [-0.2, 0) is 5.41 Å². The predicted molar refractivity (Wildman–Crippen MR) is 112 cm³/mol. The van der Waals surface area contributed by atoms with Gasteiger partial charge < -0.3 is 5.32 Å². The maximum absolute atomic E-state index is 12.6. The Morgan fingerprint density at radius 1 is 1.00 bits per heavy atom. The Balaban J connectivity index is 1.32. The van der Waals surface area contributed by atoms with Crippen molar-refractivity contribution in [1.29, 1.82) is 0 Å². The summed E-state index contributed by atoms with van der Waals surface area (Å²) in [5, 5.41) is 13.9. The molecular formula is C24H26N2O3. The second-order valence-corrected chi connectivity index (χ2v) is 9.49. The summed E-state index contributed by atoms with van der Waals surface area (Å²) in [4.78, 5) is 23.1. The Morgan fingerprint density at radius 3 is 2.10 bits per heavy atom. The van der Waals surface area contributed by atoms with Crippen LogP contribution in [-0.4, -0.2) is 10.8 Å². The molecule has 0 spiro atoms. The number of amides is 1. The van der Waals surface area contributed by atoms with Crippen molar-refractivity contribution >= 4 is 17.3 Å². The molecule has 4 saturated carbocycles. The Kier molecular flexibility index (Phi) is 4.23. The minimum absolute atomic E-state index is 0.0291. The number of rotatable bonds is 4. The van der Waals surface area contributed by atoms with Gasteiger partial charge in [-0.1, -0.05) is 12.1 Å². The monoisotopic (exact) mass is 390 g/mol. The molecule has 5 heteroatoms. The van der Waals surface area contributed by atoms with E-state index in [1.54, 1.807) is 13.0 Å². The van der Waals surface area contributed by atoms with Crippen LogP contribution in [0.15, 0.2) is 42.5 Å². The van der Waals surface area contributed by atoms with Crippen molar-refractivity contribution in [3.05, 3.63) is 69.3 Å². The largest absolute Gasteiger partial charge is 0.322 e. The molecule has 6 rings (SSSR count). The molecule has 4 bridgehead atoms. The molecule has 0 aliphatic heterocycles. The highest BCUT2D eigenvalue weighted by Gasteiger charge is 2.51. The van der Waals surface area contributed by atoms with Crippen LogP contribution in [0.2, 0.25) is 0 Å². The van der Waals surface area contributed by atoms with Crippen LogP contribution in [0, 0.1) is 34.8 Å². The van der Waals surface area contributed by atoms with E-state index in [-0.39, 0.29) is 11.6 Å². The van der Waals surface area contributed by atoms with Crippen LogP contribution in [0.1, 0.15) is 60.0 Å². The van der Waals surface area contributed by atoms with Gasteiger partial charge in [0.2, 0.25) is 0 Å². The normalized spacial score (nSPS) is 29.6. The van der Waals surface area contributed by atoms with Crippen molar-refractivity contribution < 1.29 is 9.72 Å². The SMILES string of the molecule is Cc1cc(C(=O)Nc2ccc(C34CC5CC(CC(C5)C3)C4)cc2)ccc1[N+](=O)[O-]. The van der Waals surface area contributed by atoms with Crippen LogP contribution in [0.4, 0.5) is 11.4 Å². The van der Waals surface area contributed by atoms with E-state index >= 15 is 0 Å². The molecular weight excluding hydrogens is 364 g/mol. The van der Waals surface area contributed by atoms with Crippen LogP contribution < -0.4 is 5.32 Å². The second kappa shape index (κ2) is 6.68. The first-order chi connectivity index (χ1) is 13.9. The first kappa shape index (κ1) is 18.3. The van der Waals surface area contributed by atoms with Crippen LogP contribution in [0.5, 0.6) is 0 Å². The average Bonchev–Trinajstić information content (AvgIpc) is 2.67. The molecule has 0 saturated heterocycles. The fraction of sp³-hybridized carbons (Fsp3) is 0.458. The number of nitro benzene ring substituents is 1. The van der Waals surface area contributed by atoms with Gasteiger partial charge in [-0.25, -0.2) is 0 Å². The van der Waals surface area contributed by atoms with Gasteiger partial charge in [0.05, 0.1) is 4.92 Å². The molecule has 1 N–H and O–H groups in total. The van der Waals surface area contributed by atoms with E-state index in [1.165, 1.54) is 56.2 Å².